The molecule has 0 saturated carbocycles. The van der Waals surface area contributed by atoms with Gasteiger partial charge in [-0.1, -0.05) is 18.5 Å². The van der Waals surface area contributed by atoms with Gasteiger partial charge in [-0.3, -0.25) is 0 Å². The summed E-state index contributed by atoms with van der Waals surface area (Å²) >= 11 is 7.74. The molecule has 0 aliphatic heterocycles. The Bertz CT molecular complexity index is 601. The minimum Gasteiger partial charge on any atom is -0.493 e. The molecule has 1 N–H and O–H groups in total. The van der Waals surface area contributed by atoms with Gasteiger partial charge in [0.05, 0.1) is 17.8 Å². The predicted octanol–water partition coefficient (Wildman–Crippen LogP) is 3.80. The van der Waals surface area contributed by atoms with Gasteiger partial charge < -0.3 is 14.8 Å². The van der Waals surface area contributed by atoms with Gasteiger partial charge in [-0.05, 0) is 19.5 Å². The average Bonchev–Trinajstić information content (AvgIpc) is 2.88. The van der Waals surface area contributed by atoms with E-state index in [-0.39, 0.29) is 0 Å². The lowest BCUT2D eigenvalue weighted by Crippen LogP contribution is -2.13. The standard InChI is InChI=1S/C15H19ClN2O2S/c1-4-17-7-11-5-12(16)6-14(19-3)15(11)20-8-13-9-21-10(2)18-13/h5-6,9,17H,4,7-8H2,1-3H3. The van der Waals surface area contributed by atoms with Crippen LogP contribution in [0.3, 0.4) is 0 Å². The van der Waals surface area contributed by atoms with Gasteiger partial charge in [-0.25, -0.2) is 4.98 Å². The molecule has 2 rings (SSSR count). The van der Waals surface area contributed by atoms with Gasteiger partial charge in [0, 0.05) is 28.6 Å². The summed E-state index contributed by atoms with van der Waals surface area (Å²) in [6.07, 6.45) is 0. The van der Waals surface area contributed by atoms with E-state index in [0.717, 1.165) is 22.8 Å². The van der Waals surface area contributed by atoms with Crippen molar-refractivity contribution in [2.45, 2.75) is 27.0 Å². The van der Waals surface area contributed by atoms with E-state index in [2.05, 4.69) is 17.2 Å². The van der Waals surface area contributed by atoms with Crippen LogP contribution in [0.1, 0.15) is 23.2 Å². The lowest BCUT2D eigenvalue weighted by atomic mass is 10.2. The van der Waals surface area contributed by atoms with E-state index in [0.29, 0.717) is 29.7 Å². The molecule has 21 heavy (non-hydrogen) atoms. The first-order valence-electron chi connectivity index (χ1n) is 6.75. The number of methoxy groups -OCH3 is 1. The predicted molar refractivity (Wildman–Crippen MR) is 86.6 cm³/mol. The topological polar surface area (TPSA) is 43.4 Å². The Morgan fingerprint density at radius 3 is 2.81 bits per heavy atom. The molecular formula is C15H19ClN2O2S. The van der Waals surface area contributed by atoms with E-state index in [4.69, 9.17) is 21.1 Å². The molecule has 0 radical (unpaired) electrons. The summed E-state index contributed by atoms with van der Waals surface area (Å²) in [6.45, 7) is 6.01. The Morgan fingerprint density at radius 1 is 1.38 bits per heavy atom. The molecule has 4 nitrogen and oxygen atoms in total. The van der Waals surface area contributed by atoms with E-state index < -0.39 is 0 Å². The molecule has 0 atom stereocenters. The summed E-state index contributed by atoms with van der Waals surface area (Å²) in [6, 6.07) is 3.66. The summed E-state index contributed by atoms with van der Waals surface area (Å²) < 4.78 is 11.3. The van der Waals surface area contributed by atoms with E-state index in [9.17, 15) is 0 Å². The first-order chi connectivity index (χ1) is 10.1. The number of hydrogen-bond donors (Lipinski definition) is 1. The van der Waals surface area contributed by atoms with Crippen molar-refractivity contribution < 1.29 is 9.47 Å². The zero-order chi connectivity index (χ0) is 15.2. The van der Waals surface area contributed by atoms with Crippen molar-refractivity contribution in [3.8, 4) is 11.5 Å². The second-order valence-electron chi connectivity index (χ2n) is 4.52. The van der Waals surface area contributed by atoms with Gasteiger partial charge >= 0.3 is 0 Å². The molecule has 0 saturated heterocycles. The summed E-state index contributed by atoms with van der Waals surface area (Å²) in [4.78, 5) is 4.40. The van der Waals surface area contributed by atoms with Crippen molar-refractivity contribution in [1.82, 2.24) is 10.3 Å². The van der Waals surface area contributed by atoms with Crippen LogP contribution in [0.25, 0.3) is 0 Å². The Labute approximate surface area is 134 Å². The van der Waals surface area contributed by atoms with Crippen LogP contribution in [0.2, 0.25) is 5.02 Å². The van der Waals surface area contributed by atoms with E-state index in [1.807, 2.05) is 18.4 Å². The number of thiazole rings is 1. The van der Waals surface area contributed by atoms with E-state index in [1.165, 1.54) is 0 Å². The SMILES string of the molecule is CCNCc1cc(Cl)cc(OC)c1OCc1csc(C)n1. The monoisotopic (exact) mass is 326 g/mol. The maximum atomic E-state index is 6.13. The van der Waals surface area contributed by atoms with Gasteiger partial charge in [-0.15, -0.1) is 11.3 Å². The molecule has 2 aromatic rings. The molecule has 0 fully saturated rings. The Morgan fingerprint density at radius 2 is 2.19 bits per heavy atom. The highest BCUT2D eigenvalue weighted by Crippen LogP contribution is 2.35. The molecule has 0 spiro atoms. The van der Waals surface area contributed by atoms with Gasteiger partial charge in [0.2, 0.25) is 0 Å². The molecule has 1 aromatic carbocycles. The number of nitrogens with zero attached hydrogens (tertiary/aromatic N) is 1. The normalized spacial score (nSPS) is 10.7. The number of ether oxygens (including phenoxy) is 2. The molecule has 0 unspecified atom stereocenters. The van der Waals surface area contributed by atoms with Crippen LogP contribution in [-0.4, -0.2) is 18.6 Å². The number of rotatable bonds is 7. The fourth-order valence-electron chi connectivity index (χ4n) is 1.95. The first-order valence-corrected chi connectivity index (χ1v) is 8.00. The van der Waals surface area contributed by atoms with Crippen LogP contribution in [-0.2, 0) is 13.2 Å². The third kappa shape index (κ3) is 4.33. The van der Waals surface area contributed by atoms with Crippen molar-refractivity contribution in [3.63, 3.8) is 0 Å². The van der Waals surface area contributed by atoms with E-state index >= 15 is 0 Å². The number of halogens is 1. The number of hydrogen-bond acceptors (Lipinski definition) is 5. The number of nitrogens with one attached hydrogen (secondary N) is 1. The number of benzene rings is 1. The van der Waals surface area contributed by atoms with Crippen LogP contribution >= 0.6 is 22.9 Å². The minimum absolute atomic E-state index is 0.418. The Kier molecular flexibility index (Phi) is 5.85. The second-order valence-corrected chi connectivity index (χ2v) is 6.02. The van der Waals surface area contributed by atoms with Crippen molar-refractivity contribution in [2.75, 3.05) is 13.7 Å². The molecule has 1 heterocycles. The van der Waals surface area contributed by atoms with Crippen LogP contribution in [0.4, 0.5) is 0 Å². The fourth-order valence-corrected chi connectivity index (χ4v) is 2.78. The van der Waals surface area contributed by atoms with Crippen LogP contribution in [0, 0.1) is 6.92 Å². The zero-order valence-corrected chi connectivity index (χ0v) is 14.0. The minimum atomic E-state index is 0.418. The molecule has 0 aliphatic carbocycles. The molecular weight excluding hydrogens is 308 g/mol. The zero-order valence-electron chi connectivity index (χ0n) is 12.4. The lowest BCUT2D eigenvalue weighted by molar-refractivity contribution is 0.277. The molecule has 0 amide bonds. The third-order valence-electron chi connectivity index (χ3n) is 2.91. The molecule has 0 bridgehead atoms. The highest BCUT2D eigenvalue weighted by atomic mass is 35.5. The third-order valence-corrected chi connectivity index (χ3v) is 3.95. The molecule has 0 aliphatic rings. The maximum absolute atomic E-state index is 6.13. The summed E-state index contributed by atoms with van der Waals surface area (Å²) in [5.74, 6) is 1.36. The van der Waals surface area contributed by atoms with Crippen molar-refractivity contribution in [2.24, 2.45) is 0 Å². The highest BCUT2D eigenvalue weighted by molar-refractivity contribution is 7.09. The van der Waals surface area contributed by atoms with Crippen LogP contribution in [0.5, 0.6) is 11.5 Å². The average molecular weight is 327 g/mol. The van der Waals surface area contributed by atoms with Crippen molar-refractivity contribution in [1.29, 1.82) is 0 Å². The van der Waals surface area contributed by atoms with Crippen molar-refractivity contribution in [3.05, 3.63) is 38.8 Å². The van der Waals surface area contributed by atoms with Gasteiger partial charge in [0.15, 0.2) is 11.5 Å². The quantitative estimate of drug-likeness (QED) is 0.840. The summed E-state index contributed by atoms with van der Waals surface area (Å²) in [7, 11) is 1.61. The largest absolute Gasteiger partial charge is 0.493 e. The molecule has 6 heteroatoms. The first kappa shape index (κ1) is 16.1. The number of aryl methyl sites for hydroxylation is 1. The van der Waals surface area contributed by atoms with Gasteiger partial charge in [0.25, 0.3) is 0 Å². The van der Waals surface area contributed by atoms with Crippen molar-refractivity contribution >= 4 is 22.9 Å². The maximum Gasteiger partial charge on any atom is 0.166 e. The van der Waals surface area contributed by atoms with E-state index in [1.54, 1.807) is 24.5 Å². The lowest BCUT2D eigenvalue weighted by Gasteiger charge is -2.15. The second kappa shape index (κ2) is 7.64. The number of aromatic nitrogens is 1. The molecule has 1 aromatic heterocycles. The molecule has 114 valence electrons. The summed E-state index contributed by atoms with van der Waals surface area (Å²) in [5, 5.41) is 6.95. The highest BCUT2D eigenvalue weighted by Gasteiger charge is 2.13. The smallest absolute Gasteiger partial charge is 0.166 e. The Balaban J connectivity index is 2.21. The van der Waals surface area contributed by atoms with Gasteiger partial charge in [-0.2, -0.15) is 0 Å². The summed E-state index contributed by atoms with van der Waals surface area (Å²) in [5.41, 5.74) is 1.90. The Hall–Kier alpha value is -1.30. The fraction of sp³-hybridized carbons (Fsp3) is 0.400. The van der Waals surface area contributed by atoms with Crippen LogP contribution in [0.15, 0.2) is 17.5 Å². The van der Waals surface area contributed by atoms with Gasteiger partial charge in [0.1, 0.15) is 6.61 Å². The van der Waals surface area contributed by atoms with Crippen LogP contribution < -0.4 is 14.8 Å².